The summed E-state index contributed by atoms with van der Waals surface area (Å²) < 4.78 is 0. The predicted molar refractivity (Wildman–Crippen MR) is 118 cm³/mol. The number of nitrogens with one attached hydrogen (secondary N) is 2. The highest BCUT2D eigenvalue weighted by Crippen LogP contribution is 2.31. The number of aromatic nitrogens is 2. The first-order valence-corrected chi connectivity index (χ1v) is 9.87. The Morgan fingerprint density at radius 3 is 2.73 bits per heavy atom. The van der Waals surface area contributed by atoms with Crippen molar-refractivity contribution in [2.24, 2.45) is 5.92 Å². The summed E-state index contributed by atoms with van der Waals surface area (Å²) in [5.41, 5.74) is 9.86. The van der Waals surface area contributed by atoms with Crippen molar-refractivity contribution < 1.29 is 9.59 Å². The van der Waals surface area contributed by atoms with Crippen LogP contribution in [0.5, 0.6) is 0 Å². The van der Waals surface area contributed by atoms with E-state index in [0.29, 0.717) is 24.0 Å². The maximum Gasteiger partial charge on any atom is 0.249 e. The van der Waals surface area contributed by atoms with Crippen molar-refractivity contribution in [3.05, 3.63) is 60.6 Å². The second-order valence-corrected chi connectivity index (χ2v) is 7.56. The van der Waals surface area contributed by atoms with E-state index in [1.165, 1.54) is 12.2 Å². The Labute approximate surface area is 174 Å². The third-order valence-corrected chi connectivity index (χ3v) is 5.12. The van der Waals surface area contributed by atoms with E-state index in [-0.39, 0.29) is 5.91 Å². The number of carbonyl (C=O) groups excluding carboxylic acids is 2. The van der Waals surface area contributed by atoms with E-state index in [4.69, 9.17) is 5.73 Å². The minimum absolute atomic E-state index is 0.271. The Kier molecular flexibility index (Phi) is 5.43. The van der Waals surface area contributed by atoms with Crippen molar-refractivity contribution in [2.45, 2.75) is 19.8 Å². The van der Waals surface area contributed by atoms with Gasteiger partial charge in [0.25, 0.3) is 0 Å². The molecule has 0 atom stereocenters. The second-order valence-electron chi connectivity index (χ2n) is 7.56. The van der Waals surface area contributed by atoms with Gasteiger partial charge in [0, 0.05) is 53.9 Å². The molecule has 4 rings (SSSR count). The molecule has 1 aliphatic carbocycles. The van der Waals surface area contributed by atoms with Crippen molar-refractivity contribution in [2.75, 3.05) is 17.6 Å². The van der Waals surface area contributed by atoms with Gasteiger partial charge in [-0.05, 0) is 66.5 Å². The molecule has 0 aliphatic heterocycles. The maximum atomic E-state index is 12.2. The Bertz CT molecular complexity index is 1150. The van der Waals surface area contributed by atoms with Crippen molar-refractivity contribution in [3.63, 3.8) is 0 Å². The van der Waals surface area contributed by atoms with Crippen LogP contribution in [-0.4, -0.2) is 28.3 Å². The molecule has 1 fully saturated rings. The van der Waals surface area contributed by atoms with Gasteiger partial charge in [-0.2, -0.15) is 0 Å². The standard InChI is InChI=1S/C23H23N5O2/c1-14-6-7-25-12-18(14)16-8-17-10-21(26-13-19(17)20(24)9-16)28-23(30)5-4-22(29)27-11-15-2-3-15/h4-10,12-13,15H,2-3,11,24H2,1H3,(H,27,29)(H,26,28,30)/b5-4-. The zero-order chi connectivity index (χ0) is 21.1. The Morgan fingerprint density at radius 2 is 1.97 bits per heavy atom. The van der Waals surface area contributed by atoms with Crippen LogP contribution in [0.25, 0.3) is 21.9 Å². The van der Waals surface area contributed by atoms with Gasteiger partial charge in [-0.25, -0.2) is 4.98 Å². The number of carbonyl (C=O) groups is 2. The molecular formula is C23H23N5O2. The normalized spacial score (nSPS) is 13.5. The number of nitrogens with zero attached hydrogens (tertiary/aromatic N) is 2. The molecule has 2 heterocycles. The fourth-order valence-electron chi connectivity index (χ4n) is 3.22. The lowest BCUT2D eigenvalue weighted by atomic mass is 9.99. The molecule has 0 unspecified atom stereocenters. The fourth-order valence-corrected chi connectivity index (χ4v) is 3.22. The van der Waals surface area contributed by atoms with E-state index in [2.05, 4.69) is 20.6 Å². The first kappa shape index (κ1) is 19.6. The number of hydrogen-bond acceptors (Lipinski definition) is 5. The number of pyridine rings is 2. The number of aryl methyl sites for hydroxylation is 1. The summed E-state index contributed by atoms with van der Waals surface area (Å²) in [6.07, 6.45) is 9.94. The Balaban J connectivity index is 1.51. The molecule has 7 heteroatoms. The molecule has 0 bridgehead atoms. The molecule has 0 radical (unpaired) electrons. The van der Waals surface area contributed by atoms with Gasteiger partial charge < -0.3 is 16.4 Å². The van der Waals surface area contributed by atoms with Gasteiger partial charge in [0.2, 0.25) is 11.8 Å². The highest BCUT2D eigenvalue weighted by atomic mass is 16.2. The van der Waals surface area contributed by atoms with Gasteiger partial charge in [0.1, 0.15) is 5.82 Å². The van der Waals surface area contributed by atoms with Gasteiger partial charge in [0.15, 0.2) is 0 Å². The van der Waals surface area contributed by atoms with Gasteiger partial charge in [-0.3, -0.25) is 14.6 Å². The van der Waals surface area contributed by atoms with Crippen molar-refractivity contribution in [1.29, 1.82) is 0 Å². The van der Waals surface area contributed by atoms with E-state index in [0.717, 1.165) is 40.3 Å². The Hall–Kier alpha value is -3.74. The quantitative estimate of drug-likeness (QED) is 0.434. The number of anilines is 2. The van der Waals surface area contributed by atoms with E-state index >= 15 is 0 Å². The molecule has 0 spiro atoms. The number of nitrogens with two attached hydrogens (primary N) is 1. The van der Waals surface area contributed by atoms with Gasteiger partial charge in [-0.1, -0.05) is 0 Å². The lowest BCUT2D eigenvalue weighted by Gasteiger charge is -2.10. The lowest BCUT2D eigenvalue weighted by molar-refractivity contribution is -0.117. The monoisotopic (exact) mass is 401 g/mol. The first-order chi connectivity index (χ1) is 14.5. The smallest absolute Gasteiger partial charge is 0.249 e. The van der Waals surface area contributed by atoms with Crippen LogP contribution < -0.4 is 16.4 Å². The molecule has 2 aromatic heterocycles. The summed E-state index contributed by atoms with van der Waals surface area (Å²) in [5.74, 6) is 0.282. The van der Waals surface area contributed by atoms with Crippen LogP contribution in [0.3, 0.4) is 0 Å². The van der Waals surface area contributed by atoms with Crippen molar-refractivity contribution in [1.82, 2.24) is 15.3 Å². The van der Waals surface area contributed by atoms with E-state index in [9.17, 15) is 9.59 Å². The van der Waals surface area contributed by atoms with E-state index < -0.39 is 5.91 Å². The summed E-state index contributed by atoms with van der Waals surface area (Å²) in [6, 6.07) is 7.60. The van der Waals surface area contributed by atoms with Crippen LogP contribution in [0.1, 0.15) is 18.4 Å². The maximum absolute atomic E-state index is 12.2. The summed E-state index contributed by atoms with van der Waals surface area (Å²) in [4.78, 5) is 32.3. The molecule has 30 heavy (non-hydrogen) atoms. The number of hydrogen-bond donors (Lipinski definition) is 3. The third kappa shape index (κ3) is 4.63. The van der Waals surface area contributed by atoms with Crippen LogP contribution in [0.4, 0.5) is 11.5 Å². The molecule has 4 N–H and O–H groups in total. The largest absolute Gasteiger partial charge is 0.398 e. The van der Waals surface area contributed by atoms with Crippen LogP contribution in [0.2, 0.25) is 0 Å². The highest BCUT2D eigenvalue weighted by molar-refractivity contribution is 6.04. The first-order valence-electron chi connectivity index (χ1n) is 9.87. The summed E-state index contributed by atoms with van der Waals surface area (Å²) in [6.45, 7) is 2.68. The van der Waals surface area contributed by atoms with Crippen molar-refractivity contribution >= 4 is 34.1 Å². The van der Waals surface area contributed by atoms with E-state index in [1.54, 1.807) is 24.7 Å². The summed E-state index contributed by atoms with van der Waals surface area (Å²) >= 11 is 0. The second kappa shape index (κ2) is 8.32. The number of rotatable bonds is 6. The average Bonchev–Trinajstić information content (AvgIpc) is 3.55. The topological polar surface area (TPSA) is 110 Å². The average molecular weight is 401 g/mol. The van der Waals surface area contributed by atoms with Gasteiger partial charge >= 0.3 is 0 Å². The minimum atomic E-state index is -0.421. The van der Waals surface area contributed by atoms with Gasteiger partial charge in [-0.15, -0.1) is 0 Å². The van der Waals surface area contributed by atoms with Crippen LogP contribution >= 0.6 is 0 Å². The number of nitrogen functional groups attached to an aromatic ring is 1. The number of fused-ring (bicyclic) bond motifs is 1. The lowest BCUT2D eigenvalue weighted by Crippen LogP contribution is -2.23. The molecule has 2 amide bonds. The molecule has 1 aliphatic rings. The fraction of sp³-hybridized carbons (Fsp3) is 0.217. The number of amides is 2. The van der Waals surface area contributed by atoms with Crippen LogP contribution in [0.15, 0.2) is 55.0 Å². The third-order valence-electron chi connectivity index (χ3n) is 5.12. The molecule has 1 aromatic carbocycles. The molecular weight excluding hydrogens is 378 g/mol. The minimum Gasteiger partial charge on any atom is -0.398 e. The molecule has 3 aromatic rings. The van der Waals surface area contributed by atoms with Crippen LogP contribution in [0, 0.1) is 12.8 Å². The summed E-state index contributed by atoms with van der Waals surface area (Å²) in [7, 11) is 0. The Morgan fingerprint density at radius 1 is 1.17 bits per heavy atom. The SMILES string of the molecule is Cc1ccncc1-c1cc(N)c2cnc(NC(=O)/C=C\C(=O)NCC3CC3)cc2c1. The number of benzene rings is 1. The predicted octanol–water partition coefficient (Wildman–Crippen LogP) is 3.21. The summed E-state index contributed by atoms with van der Waals surface area (Å²) in [5, 5.41) is 7.12. The van der Waals surface area contributed by atoms with Crippen LogP contribution in [-0.2, 0) is 9.59 Å². The molecule has 0 saturated heterocycles. The molecule has 152 valence electrons. The van der Waals surface area contributed by atoms with Gasteiger partial charge in [0.05, 0.1) is 0 Å². The molecule has 1 saturated carbocycles. The molecule has 7 nitrogen and oxygen atoms in total. The zero-order valence-electron chi connectivity index (χ0n) is 16.7. The highest BCUT2D eigenvalue weighted by Gasteiger charge is 2.21. The zero-order valence-corrected chi connectivity index (χ0v) is 16.7. The van der Waals surface area contributed by atoms with Crippen molar-refractivity contribution in [3.8, 4) is 11.1 Å². The van der Waals surface area contributed by atoms with E-state index in [1.807, 2.05) is 25.1 Å².